The van der Waals surface area contributed by atoms with Crippen molar-refractivity contribution in [1.82, 2.24) is 14.9 Å². The normalized spacial score (nSPS) is 12.5. The van der Waals surface area contributed by atoms with Gasteiger partial charge in [0, 0.05) is 31.6 Å². The van der Waals surface area contributed by atoms with Crippen LogP contribution in [0.2, 0.25) is 0 Å². The van der Waals surface area contributed by atoms with E-state index in [1.165, 1.54) is 0 Å². The van der Waals surface area contributed by atoms with E-state index in [4.69, 9.17) is 0 Å². The molecule has 0 amide bonds. The molecule has 0 fully saturated rings. The molecule has 0 aliphatic heterocycles. The fraction of sp³-hybridized carbons (Fsp3) is 0.714. The SMILES string of the molecule is CCCc1nc(NCC)cc(NCC(C)N(C)C)n1. The van der Waals surface area contributed by atoms with Gasteiger partial charge in [-0.3, -0.25) is 0 Å². The fourth-order valence-corrected chi connectivity index (χ4v) is 1.63. The first-order valence-corrected chi connectivity index (χ1v) is 7.08. The maximum absolute atomic E-state index is 4.56. The maximum Gasteiger partial charge on any atom is 0.133 e. The van der Waals surface area contributed by atoms with Crippen molar-refractivity contribution in [2.24, 2.45) is 0 Å². The number of nitrogens with one attached hydrogen (secondary N) is 2. The summed E-state index contributed by atoms with van der Waals surface area (Å²) in [6.07, 6.45) is 1.97. The van der Waals surface area contributed by atoms with Crippen LogP contribution < -0.4 is 10.6 Å². The van der Waals surface area contributed by atoms with Crippen molar-refractivity contribution in [3.05, 3.63) is 11.9 Å². The van der Waals surface area contributed by atoms with E-state index >= 15 is 0 Å². The first-order chi connectivity index (χ1) is 9.06. The summed E-state index contributed by atoms with van der Waals surface area (Å²) in [6, 6.07) is 2.44. The van der Waals surface area contributed by atoms with Crippen molar-refractivity contribution in [3.63, 3.8) is 0 Å². The van der Waals surface area contributed by atoms with Gasteiger partial charge in [-0.1, -0.05) is 6.92 Å². The molecule has 1 heterocycles. The Morgan fingerprint density at radius 2 is 1.79 bits per heavy atom. The molecule has 0 saturated carbocycles. The summed E-state index contributed by atoms with van der Waals surface area (Å²) in [6.45, 7) is 8.15. The average Bonchev–Trinajstić information content (AvgIpc) is 2.36. The van der Waals surface area contributed by atoms with Gasteiger partial charge in [-0.2, -0.15) is 0 Å². The molecule has 1 unspecified atom stereocenters. The Balaban J connectivity index is 2.74. The molecule has 0 aliphatic carbocycles. The molecule has 1 aromatic rings. The molecule has 0 radical (unpaired) electrons. The average molecular weight is 265 g/mol. The van der Waals surface area contributed by atoms with Crippen LogP contribution in [0.4, 0.5) is 11.6 Å². The number of aryl methyl sites for hydroxylation is 1. The molecular formula is C14H27N5. The molecule has 0 spiro atoms. The van der Waals surface area contributed by atoms with Crippen LogP contribution in [0.1, 0.15) is 33.0 Å². The van der Waals surface area contributed by atoms with E-state index in [1.807, 2.05) is 6.07 Å². The molecule has 0 bridgehead atoms. The van der Waals surface area contributed by atoms with Crippen molar-refractivity contribution < 1.29 is 0 Å². The second-order valence-electron chi connectivity index (χ2n) is 5.03. The molecule has 1 atom stereocenters. The fourth-order valence-electron chi connectivity index (χ4n) is 1.63. The Hall–Kier alpha value is -1.36. The number of aromatic nitrogens is 2. The zero-order chi connectivity index (χ0) is 14.3. The maximum atomic E-state index is 4.56. The number of hydrogen-bond acceptors (Lipinski definition) is 5. The second-order valence-corrected chi connectivity index (χ2v) is 5.03. The van der Waals surface area contributed by atoms with Crippen LogP contribution in [-0.2, 0) is 6.42 Å². The first kappa shape index (κ1) is 15.7. The zero-order valence-electron chi connectivity index (χ0n) is 12.8. The third-order valence-electron chi connectivity index (χ3n) is 3.06. The third-order valence-corrected chi connectivity index (χ3v) is 3.06. The summed E-state index contributed by atoms with van der Waals surface area (Å²) in [5, 5.41) is 6.65. The minimum Gasteiger partial charge on any atom is -0.370 e. The molecule has 5 heteroatoms. The summed E-state index contributed by atoms with van der Waals surface area (Å²) >= 11 is 0. The molecule has 1 rings (SSSR count). The first-order valence-electron chi connectivity index (χ1n) is 7.08. The molecule has 0 aliphatic rings. The largest absolute Gasteiger partial charge is 0.370 e. The predicted octanol–water partition coefficient (Wildman–Crippen LogP) is 2.22. The lowest BCUT2D eigenvalue weighted by Gasteiger charge is -2.20. The quantitative estimate of drug-likeness (QED) is 0.755. The van der Waals surface area contributed by atoms with Crippen LogP contribution in [0.5, 0.6) is 0 Å². The Labute approximate surface area is 116 Å². The number of likely N-dealkylation sites (N-methyl/N-ethyl adjacent to an activating group) is 1. The molecule has 1 aromatic heterocycles. The number of nitrogens with zero attached hydrogens (tertiary/aromatic N) is 3. The highest BCUT2D eigenvalue weighted by molar-refractivity contribution is 5.47. The number of anilines is 2. The molecule has 0 saturated heterocycles. The van der Waals surface area contributed by atoms with Crippen molar-refractivity contribution in [2.75, 3.05) is 37.8 Å². The summed E-state index contributed by atoms with van der Waals surface area (Å²) in [5.74, 6) is 2.71. The van der Waals surface area contributed by atoms with E-state index in [0.29, 0.717) is 6.04 Å². The van der Waals surface area contributed by atoms with Gasteiger partial charge in [0.05, 0.1) is 0 Å². The van der Waals surface area contributed by atoms with Gasteiger partial charge >= 0.3 is 0 Å². The van der Waals surface area contributed by atoms with Gasteiger partial charge in [0.25, 0.3) is 0 Å². The van der Waals surface area contributed by atoms with Gasteiger partial charge in [0.15, 0.2) is 0 Å². The second kappa shape index (κ2) is 7.94. The Morgan fingerprint density at radius 3 is 2.32 bits per heavy atom. The summed E-state index contributed by atoms with van der Waals surface area (Å²) in [7, 11) is 4.16. The zero-order valence-corrected chi connectivity index (χ0v) is 12.8. The van der Waals surface area contributed by atoms with Crippen LogP contribution >= 0.6 is 0 Å². The van der Waals surface area contributed by atoms with Gasteiger partial charge in [-0.15, -0.1) is 0 Å². The van der Waals surface area contributed by atoms with Crippen LogP contribution in [-0.4, -0.2) is 48.1 Å². The minimum absolute atomic E-state index is 0.465. The van der Waals surface area contributed by atoms with Gasteiger partial charge in [-0.25, -0.2) is 9.97 Å². The molecule has 0 aromatic carbocycles. The third kappa shape index (κ3) is 5.42. The van der Waals surface area contributed by atoms with Crippen LogP contribution in [0.15, 0.2) is 6.07 Å². The van der Waals surface area contributed by atoms with E-state index in [-0.39, 0.29) is 0 Å². The molecular weight excluding hydrogens is 238 g/mol. The highest BCUT2D eigenvalue weighted by Gasteiger charge is 2.07. The van der Waals surface area contributed by atoms with Crippen LogP contribution in [0, 0.1) is 0 Å². The van der Waals surface area contributed by atoms with Crippen molar-refractivity contribution >= 4 is 11.6 Å². The topological polar surface area (TPSA) is 53.1 Å². The van der Waals surface area contributed by atoms with E-state index in [9.17, 15) is 0 Å². The highest BCUT2D eigenvalue weighted by Crippen LogP contribution is 2.12. The van der Waals surface area contributed by atoms with Gasteiger partial charge < -0.3 is 15.5 Å². The van der Waals surface area contributed by atoms with Gasteiger partial charge in [0.2, 0.25) is 0 Å². The Bertz CT molecular complexity index is 354. The smallest absolute Gasteiger partial charge is 0.133 e. The lowest BCUT2D eigenvalue weighted by atomic mass is 10.3. The Kier molecular flexibility index (Phi) is 6.56. The summed E-state index contributed by atoms with van der Waals surface area (Å²) in [4.78, 5) is 11.2. The van der Waals surface area contributed by atoms with Gasteiger partial charge in [0.1, 0.15) is 17.5 Å². The summed E-state index contributed by atoms with van der Waals surface area (Å²) in [5.41, 5.74) is 0. The van der Waals surface area contributed by atoms with Gasteiger partial charge in [-0.05, 0) is 34.4 Å². The minimum atomic E-state index is 0.465. The van der Waals surface area contributed by atoms with Crippen LogP contribution in [0.25, 0.3) is 0 Å². The molecule has 2 N–H and O–H groups in total. The van der Waals surface area contributed by atoms with Crippen LogP contribution in [0.3, 0.4) is 0 Å². The monoisotopic (exact) mass is 265 g/mol. The standard InChI is InChI=1S/C14H27N5/c1-6-8-12-17-13(15-7-2)9-14(18-12)16-10-11(3)19(4)5/h9,11H,6-8,10H2,1-5H3,(H2,15,16,17,18). The number of rotatable bonds is 8. The highest BCUT2D eigenvalue weighted by atomic mass is 15.1. The summed E-state index contributed by atoms with van der Waals surface area (Å²) < 4.78 is 0. The molecule has 19 heavy (non-hydrogen) atoms. The van der Waals surface area contributed by atoms with E-state index in [2.05, 4.69) is 60.4 Å². The lowest BCUT2D eigenvalue weighted by Crippen LogP contribution is -2.31. The van der Waals surface area contributed by atoms with E-state index in [0.717, 1.165) is 43.4 Å². The number of hydrogen-bond donors (Lipinski definition) is 2. The van der Waals surface area contributed by atoms with Crippen molar-refractivity contribution in [1.29, 1.82) is 0 Å². The van der Waals surface area contributed by atoms with Crippen molar-refractivity contribution in [2.45, 2.75) is 39.7 Å². The lowest BCUT2D eigenvalue weighted by molar-refractivity contribution is 0.326. The van der Waals surface area contributed by atoms with E-state index < -0.39 is 0 Å². The predicted molar refractivity (Wildman–Crippen MR) is 81.8 cm³/mol. The molecule has 5 nitrogen and oxygen atoms in total. The molecule has 108 valence electrons. The van der Waals surface area contributed by atoms with E-state index in [1.54, 1.807) is 0 Å². The Morgan fingerprint density at radius 1 is 1.16 bits per heavy atom. The van der Waals surface area contributed by atoms with Crippen molar-refractivity contribution in [3.8, 4) is 0 Å².